The average molecular weight is 544 g/mol. The highest BCUT2D eigenvalue weighted by molar-refractivity contribution is 6.13. The van der Waals surface area contributed by atoms with Crippen molar-refractivity contribution in [1.82, 2.24) is 4.40 Å². The van der Waals surface area contributed by atoms with E-state index in [-0.39, 0.29) is 11.5 Å². The molecule has 0 amide bonds. The van der Waals surface area contributed by atoms with Crippen molar-refractivity contribution in [3.05, 3.63) is 60.4 Å². The topological polar surface area (TPSA) is 97.1 Å². The number of ether oxygens (including phenoxy) is 6. The number of phenols is 1. The molecule has 2 heterocycles. The summed E-state index contributed by atoms with van der Waals surface area (Å²) in [6, 6.07) is 14.4. The lowest BCUT2D eigenvalue weighted by Crippen LogP contribution is -1.96. The molecule has 0 unspecified atom stereocenters. The second-order valence-corrected chi connectivity index (χ2v) is 8.88. The molecular formula is C31H29NO8. The summed E-state index contributed by atoms with van der Waals surface area (Å²) < 4.78 is 35.1. The van der Waals surface area contributed by atoms with Gasteiger partial charge in [-0.25, -0.2) is 0 Å². The highest BCUT2D eigenvalue weighted by Crippen LogP contribution is 2.49. The maximum absolute atomic E-state index is 12.8. The number of carbonyl (C=O) groups excluding carboxylic acids is 1. The van der Waals surface area contributed by atoms with Crippen LogP contribution < -0.4 is 28.4 Å². The van der Waals surface area contributed by atoms with E-state index in [9.17, 15) is 9.90 Å². The Morgan fingerprint density at radius 1 is 0.650 bits per heavy atom. The molecule has 0 saturated heterocycles. The van der Waals surface area contributed by atoms with E-state index < -0.39 is 0 Å². The van der Waals surface area contributed by atoms with Crippen LogP contribution in [0.3, 0.4) is 0 Å². The number of phenolic OH excluding ortho intramolecular Hbond substituents is 1. The van der Waals surface area contributed by atoms with Gasteiger partial charge in [-0.2, -0.15) is 0 Å². The first kappa shape index (κ1) is 26.6. The molecule has 0 fully saturated rings. The fourth-order valence-electron chi connectivity index (χ4n) is 5.16. The van der Waals surface area contributed by atoms with Crippen molar-refractivity contribution in [1.29, 1.82) is 0 Å². The monoisotopic (exact) mass is 543 g/mol. The van der Waals surface area contributed by atoms with E-state index in [4.69, 9.17) is 28.4 Å². The summed E-state index contributed by atoms with van der Waals surface area (Å²) in [6.45, 7) is 0. The summed E-state index contributed by atoms with van der Waals surface area (Å²) in [5.74, 6) is 2.75. The summed E-state index contributed by atoms with van der Waals surface area (Å²) >= 11 is 0. The van der Waals surface area contributed by atoms with E-state index in [1.807, 2.05) is 40.9 Å². The van der Waals surface area contributed by atoms with Crippen LogP contribution in [0.4, 0.5) is 0 Å². The van der Waals surface area contributed by atoms with Crippen LogP contribution >= 0.6 is 0 Å². The third kappa shape index (κ3) is 4.07. The minimum atomic E-state index is -0.0973. The maximum atomic E-state index is 12.8. The first-order valence-corrected chi connectivity index (χ1v) is 12.3. The molecule has 0 atom stereocenters. The van der Waals surface area contributed by atoms with Crippen molar-refractivity contribution in [3.63, 3.8) is 0 Å². The van der Waals surface area contributed by atoms with Crippen LogP contribution in [0.15, 0.2) is 54.7 Å². The first-order chi connectivity index (χ1) is 19.4. The Hall–Kier alpha value is -5.05. The van der Waals surface area contributed by atoms with Gasteiger partial charge in [-0.3, -0.25) is 4.79 Å². The molecule has 0 bridgehead atoms. The Balaban J connectivity index is 2.02. The zero-order valence-corrected chi connectivity index (χ0v) is 23.0. The third-order valence-electron chi connectivity index (χ3n) is 7.01. The number of hydrogen-bond donors (Lipinski definition) is 1. The molecule has 5 rings (SSSR count). The molecule has 206 valence electrons. The number of fused-ring (bicyclic) bond motifs is 3. The Morgan fingerprint density at radius 3 is 1.90 bits per heavy atom. The van der Waals surface area contributed by atoms with E-state index in [1.54, 1.807) is 40.6 Å². The van der Waals surface area contributed by atoms with Crippen LogP contribution in [0.1, 0.15) is 10.5 Å². The number of methoxy groups -OCH3 is 6. The lowest BCUT2D eigenvalue weighted by Gasteiger charge is -2.15. The van der Waals surface area contributed by atoms with E-state index >= 15 is 0 Å². The molecule has 40 heavy (non-hydrogen) atoms. The Bertz CT molecular complexity index is 1750. The highest BCUT2D eigenvalue weighted by Gasteiger charge is 2.27. The predicted octanol–water partition coefficient (Wildman–Crippen LogP) is 6.00. The standard InChI is InChI=1S/C31H29NO8/c1-35-23-8-7-18(12-26(23)38-4)29-30(20-13-22(34)25(37-3)15-24(20)36-2)21(16-33)32-10-9-17-11-27(39-5)28(40-6)14-19(17)31(29)32/h7-16,34H,1-6H3. The maximum Gasteiger partial charge on any atom is 0.167 e. The molecule has 0 radical (unpaired) electrons. The van der Waals surface area contributed by atoms with Crippen LogP contribution in [0.5, 0.6) is 40.2 Å². The van der Waals surface area contributed by atoms with Crippen molar-refractivity contribution in [2.45, 2.75) is 0 Å². The van der Waals surface area contributed by atoms with Crippen LogP contribution in [0.25, 0.3) is 38.5 Å². The molecule has 3 aromatic carbocycles. The number of rotatable bonds is 9. The molecule has 5 aromatic rings. The van der Waals surface area contributed by atoms with E-state index in [1.165, 1.54) is 20.3 Å². The van der Waals surface area contributed by atoms with E-state index in [0.29, 0.717) is 51.1 Å². The lowest BCUT2D eigenvalue weighted by atomic mass is 9.93. The van der Waals surface area contributed by atoms with Gasteiger partial charge in [0.05, 0.1) is 53.9 Å². The molecule has 0 aliphatic heterocycles. The number of carbonyl (C=O) groups is 1. The zero-order valence-electron chi connectivity index (χ0n) is 23.0. The molecule has 0 aliphatic rings. The highest BCUT2D eigenvalue weighted by atomic mass is 16.5. The molecule has 0 aliphatic carbocycles. The van der Waals surface area contributed by atoms with E-state index in [2.05, 4.69) is 0 Å². The van der Waals surface area contributed by atoms with Crippen molar-refractivity contribution in [2.75, 3.05) is 42.7 Å². The van der Waals surface area contributed by atoms with Gasteiger partial charge in [-0.1, -0.05) is 6.07 Å². The van der Waals surface area contributed by atoms with Gasteiger partial charge in [-0.05, 0) is 47.3 Å². The SMILES string of the molecule is COc1cc(OC)c(-c2c(-c3ccc(OC)c(OC)c3)c3c4cc(OC)c(OC)cc4ccn3c2C=O)cc1O. The normalized spacial score (nSPS) is 10.9. The summed E-state index contributed by atoms with van der Waals surface area (Å²) in [6.07, 6.45) is 2.62. The number of aromatic hydroxyl groups is 1. The molecule has 9 nitrogen and oxygen atoms in total. The van der Waals surface area contributed by atoms with Crippen molar-refractivity contribution < 1.29 is 38.3 Å². The lowest BCUT2D eigenvalue weighted by molar-refractivity contribution is 0.111. The average Bonchev–Trinajstić information content (AvgIpc) is 3.34. The van der Waals surface area contributed by atoms with Crippen molar-refractivity contribution >= 4 is 22.6 Å². The fourth-order valence-corrected chi connectivity index (χ4v) is 5.16. The Morgan fingerprint density at radius 2 is 1.27 bits per heavy atom. The van der Waals surface area contributed by atoms with Gasteiger partial charge in [0, 0.05) is 34.3 Å². The van der Waals surface area contributed by atoms with E-state index in [0.717, 1.165) is 28.1 Å². The largest absolute Gasteiger partial charge is 0.504 e. The predicted molar refractivity (Wildman–Crippen MR) is 152 cm³/mol. The molecule has 2 aromatic heterocycles. The number of nitrogens with zero attached hydrogens (tertiary/aromatic N) is 1. The second kappa shape index (κ2) is 10.6. The molecule has 0 spiro atoms. The Labute approximate surface area is 231 Å². The third-order valence-corrected chi connectivity index (χ3v) is 7.01. The fraction of sp³-hybridized carbons (Fsp3) is 0.194. The minimum Gasteiger partial charge on any atom is -0.504 e. The zero-order chi connectivity index (χ0) is 28.6. The van der Waals surface area contributed by atoms with Gasteiger partial charge in [0.2, 0.25) is 0 Å². The van der Waals surface area contributed by atoms with Crippen LogP contribution in [-0.2, 0) is 0 Å². The summed E-state index contributed by atoms with van der Waals surface area (Å²) in [5.41, 5.74) is 3.62. The molecule has 1 N–H and O–H groups in total. The van der Waals surface area contributed by atoms with Gasteiger partial charge in [0.1, 0.15) is 5.75 Å². The number of aromatic nitrogens is 1. The number of aldehydes is 1. The second-order valence-electron chi connectivity index (χ2n) is 8.88. The van der Waals surface area contributed by atoms with Gasteiger partial charge >= 0.3 is 0 Å². The van der Waals surface area contributed by atoms with Crippen molar-refractivity contribution in [3.8, 4) is 62.5 Å². The van der Waals surface area contributed by atoms with Gasteiger partial charge in [0.15, 0.2) is 40.8 Å². The molecular weight excluding hydrogens is 514 g/mol. The quantitative estimate of drug-likeness (QED) is 0.226. The smallest absolute Gasteiger partial charge is 0.167 e. The molecule has 9 heteroatoms. The van der Waals surface area contributed by atoms with Crippen LogP contribution in [-0.4, -0.2) is 58.5 Å². The Kier molecular flexibility index (Phi) is 7.04. The number of hydrogen-bond acceptors (Lipinski definition) is 8. The van der Waals surface area contributed by atoms with Gasteiger partial charge in [0.25, 0.3) is 0 Å². The van der Waals surface area contributed by atoms with Gasteiger partial charge in [-0.15, -0.1) is 0 Å². The number of benzene rings is 3. The number of pyridine rings is 1. The van der Waals surface area contributed by atoms with Crippen LogP contribution in [0.2, 0.25) is 0 Å². The summed E-state index contributed by atoms with van der Waals surface area (Å²) in [7, 11) is 9.27. The minimum absolute atomic E-state index is 0.0973. The van der Waals surface area contributed by atoms with Crippen molar-refractivity contribution in [2.24, 2.45) is 0 Å². The first-order valence-electron chi connectivity index (χ1n) is 12.3. The summed E-state index contributed by atoms with van der Waals surface area (Å²) in [5, 5.41) is 12.5. The van der Waals surface area contributed by atoms with Crippen LogP contribution in [0, 0.1) is 0 Å². The molecule has 0 saturated carbocycles. The van der Waals surface area contributed by atoms with Gasteiger partial charge < -0.3 is 37.9 Å². The summed E-state index contributed by atoms with van der Waals surface area (Å²) in [4.78, 5) is 12.8.